The number of anilines is 1. The number of pyridine rings is 1. The number of fused-ring (bicyclic) bond motifs is 3. The van der Waals surface area contributed by atoms with Gasteiger partial charge in [-0.25, -0.2) is 4.98 Å². The molecule has 0 spiro atoms. The molecule has 0 saturated heterocycles. The first kappa shape index (κ1) is 14.8. The van der Waals surface area contributed by atoms with Crippen LogP contribution in [0.1, 0.15) is 17.1 Å². The third-order valence-electron chi connectivity index (χ3n) is 3.93. The van der Waals surface area contributed by atoms with Crippen LogP contribution in [-0.4, -0.2) is 39.6 Å². The molecule has 7 heteroatoms. The standard InChI is InChI=1S/C17H15ClN6/c1-23(2)14-8-7-13-17(21-14)16(11-5-3-4-6-12(11)18)19-9-15-22-20-10-24(13)15/h3-8,10H,9H2,1-2H3. The van der Waals surface area contributed by atoms with E-state index in [1.54, 1.807) is 6.33 Å². The average Bonchev–Trinajstić information content (AvgIpc) is 2.99. The summed E-state index contributed by atoms with van der Waals surface area (Å²) in [5.41, 5.74) is 3.30. The van der Waals surface area contributed by atoms with Crippen LogP contribution < -0.4 is 4.90 Å². The van der Waals surface area contributed by atoms with Crippen LogP contribution in [-0.2, 0) is 6.54 Å². The first-order valence-corrected chi connectivity index (χ1v) is 7.90. The summed E-state index contributed by atoms with van der Waals surface area (Å²) < 4.78 is 1.93. The van der Waals surface area contributed by atoms with Gasteiger partial charge in [0.25, 0.3) is 0 Å². The van der Waals surface area contributed by atoms with Crippen molar-refractivity contribution in [2.24, 2.45) is 4.99 Å². The summed E-state index contributed by atoms with van der Waals surface area (Å²) >= 11 is 6.41. The molecule has 1 aliphatic heterocycles. The second-order valence-electron chi connectivity index (χ2n) is 5.69. The Labute approximate surface area is 144 Å². The van der Waals surface area contributed by atoms with Gasteiger partial charge in [0.05, 0.1) is 16.4 Å². The quantitative estimate of drug-likeness (QED) is 0.721. The second kappa shape index (κ2) is 5.72. The Morgan fingerprint density at radius 3 is 2.75 bits per heavy atom. The highest BCUT2D eigenvalue weighted by Crippen LogP contribution is 2.27. The van der Waals surface area contributed by atoms with Crippen molar-refractivity contribution in [1.82, 2.24) is 19.7 Å². The van der Waals surface area contributed by atoms with E-state index in [0.29, 0.717) is 11.6 Å². The normalized spacial score (nSPS) is 12.9. The summed E-state index contributed by atoms with van der Waals surface area (Å²) in [6.07, 6.45) is 1.69. The lowest BCUT2D eigenvalue weighted by atomic mass is 10.1. The number of aromatic nitrogens is 4. The third-order valence-corrected chi connectivity index (χ3v) is 4.26. The van der Waals surface area contributed by atoms with Crippen LogP contribution in [0.3, 0.4) is 0 Å². The molecule has 6 nitrogen and oxygen atoms in total. The van der Waals surface area contributed by atoms with E-state index in [2.05, 4.69) is 10.2 Å². The van der Waals surface area contributed by atoms with Crippen LogP contribution in [0.25, 0.3) is 5.69 Å². The molecule has 0 unspecified atom stereocenters. The second-order valence-corrected chi connectivity index (χ2v) is 6.10. The van der Waals surface area contributed by atoms with Crippen LogP contribution in [0.5, 0.6) is 0 Å². The van der Waals surface area contributed by atoms with E-state index in [1.807, 2.05) is 60.0 Å². The maximum absolute atomic E-state index is 6.41. The van der Waals surface area contributed by atoms with Crippen molar-refractivity contribution in [3.05, 3.63) is 64.8 Å². The molecule has 0 bridgehead atoms. The Morgan fingerprint density at radius 1 is 1.12 bits per heavy atom. The van der Waals surface area contributed by atoms with Gasteiger partial charge in [-0.15, -0.1) is 10.2 Å². The van der Waals surface area contributed by atoms with E-state index in [9.17, 15) is 0 Å². The van der Waals surface area contributed by atoms with E-state index in [0.717, 1.165) is 34.3 Å². The predicted molar refractivity (Wildman–Crippen MR) is 94.3 cm³/mol. The lowest BCUT2D eigenvalue weighted by Crippen LogP contribution is -2.16. The van der Waals surface area contributed by atoms with E-state index >= 15 is 0 Å². The zero-order valence-electron chi connectivity index (χ0n) is 13.3. The SMILES string of the molecule is CN(C)c1ccc2c(n1)C(c1ccccc1Cl)=NCc1nncn1-2. The molecule has 24 heavy (non-hydrogen) atoms. The molecule has 1 aromatic carbocycles. The monoisotopic (exact) mass is 338 g/mol. The molecule has 0 aliphatic carbocycles. The predicted octanol–water partition coefficient (Wildman–Crippen LogP) is 2.73. The van der Waals surface area contributed by atoms with Crippen LogP contribution in [0.4, 0.5) is 5.82 Å². The smallest absolute Gasteiger partial charge is 0.159 e. The molecule has 1 aliphatic rings. The van der Waals surface area contributed by atoms with Crippen LogP contribution >= 0.6 is 11.6 Å². The minimum atomic E-state index is 0.425. The van der Waals surface area contributed by atoms with Crippen molar-refractivity contribution in [3.8, 4) is 5.69 Å². The minimum absolute atomic E-state index is 0.425. The Hall–Kier alpha value is -2.73. The van der Waals surface area contributed by atoms with Crippen LogP contribution in [0.2, 0.25) is 5.02 Å². The molecule has 3 heterocycles. The molecule has 0 N–H and O–H groups in total. The number of halogens is 1. The van der Waals surface area contributed by atoms with Gasteiger partial charge >= 0.3 is 0 Å². The number of nitrogens with zero attached hydrogens (tertiary/aromatic N) is 6. The van der Waals surface area contributed by atoms with Gasteiger partial charge in [-0.05, 0) is 18.2 Å². The van der Waals surface area contributed by atoms with E-state index in [4.69, 9.17) is 21.6 Å². The summed E-state index contributed by atoms with van der Waals surface area (Å²) in [5.74, 6) is 1.63. The summed E-state index contributed by atoms with van der Waals surface area (Å²) in [6, 6.07) is 11.7. The van der Waals surface area contributed by atoms with Gasteiger partial charge in [-0.3, -0.25) is 9.56 Å². The molecule has 0 saturated carbocycles. The molecular formula is C17H15ClN6. The van der Waals surface area contributed by atoms with Crippen molar-refractivity contribution in [3.63, 3.8) is 0 Å². The largest absolute Gasteiger partial charge is 0.363 e. The summed E-state index contributed by atoms with van der Waals surface area (Å²) in [5, 5.41) is 8.81. The third kappa shape index (κ3) is 2.35. The highest BCUT2D eigenvalue weighted by Gasteiger charge is 2.23. The first-order valence-electron chi connectivity index (χ1n) is 7.52. The fourth-order valence-electron chi connectivity index (χ4n) is 2.72. The fraction of sp³-hybridized carbons (Fsp3) is 0.176. The van der Waals surface area contributed by atoms with Gasteiger partial charge in [0, 0.05) is 19.7 Å². The molecule has 120 valence electrons. The fourth-order valence-corrected chi connectivity index (χ4v) is 2.94. The average molecular weight is 339 g/mol. The molecule has 0 atom stereocenters. The number of aliphatic imine (C=N–C) groups is 1. The maximum Gasteiger partial charge on any atom is 0.159 e. The maximum atomic E-state index is 6.41. The summed E-state index contributed by atoms with van der Waals surface area (Å²) in [6.45, 7) is 0.425. The molecule has 4 rings (SSSR count). The van der Waals surface area contributed by atoms with Crippen LogP contribution in [0, 0.1) is 0 Å². The zero-order valence-corrected chi connectivity index (χ0v) is 14.1. The number of hydrogen-bond acceptors (Lipinski definition) is 5. The Kier molecular flexibility index (Phi) is 3.54. The summed E-state index contributed by atoms with van der Waals surface area (Å²) in [7, 11) is 3.92. The molecule has 0 amide bonds. The van der Waals surface area contributed by atoms with Gasteiger partial charge < -0.3 is 4.90 Å². The van der Waals surface area contributed by atoms with Crippen molar-refractivity contribution in [2.75, 3.05) is 19.0 Å². The zero-order chi connectivity index (χ0) is 16.7. The Morgan fingerprint density at radius 2 is 1.96 bits per heavy atom. The molecule has 0 fully saturated rings. The van der Waals surface area contributed by atoms with Crippen LogP contribution in [0.15, 0.2) is 47.7 Å². The van der Waals surface area contributed by atoms with E-state index < -0.39 is 0 Å². The van der Waals surface area contributed by atoms with Gasteiger partial charge in [0.1, 0.15) is 24.4 Å². The van der Waals surface area contributed by atoms with Gasteiger partial charge in [-0.1, -0.05) is 29.8 Å². The highest BCUT2D eigenvalue weighted by atomic mass is 35.5. The van der Waals surface area contributed by atoms with Crippen molar-refractivity contribution >= 4 is 23.1 Å². The van der Waals surface area contributed by atoms with Crippen molar-refractivity contribution < 1.29 is 0 Å². The summed E-state index contributed by atoms with van der Waals surface area (Å²) in [4.78, 5) is 11.5. The van der Waals surface area contributed by atoms with Gasteiger partial charge in [0.15, 0.2) is 5.82 Å². The lowest BCUT2D eigenvalue weighted by Gasteiger charge is -2.16. The number of benzene rings is 1. The molecule has 3 aromatic rings. The number of hydrogen-bond donors (Lipinski definition) is 0. The highest BCUT2D eigenvalue weighted by molar-refractivity contribution is 6.35. The molecule has 0 radical (unpaired) electrons. The van der Waals surface area contributed by atoms with E-state index in [-0.39, 0.29) is 0 Å². The van der Waals surface area contributed by atoms with Crippen molar-refractivity contribution in [2.45, 2.75) is 6.54 Å². The molecular weight excluding hydrogens is 324 g/mol. The van der Waals surface area contributed by atoms with Gasteiger partial charge in [-0.2, -0.15) is 0 Å². The Balaban J connectivity index is 1.99. The Bertz CT molecular complexity index is 944. The van der Waals surface area contributed by atoms with E-state index in [1.165, 1.54) is 0 Å². The topological polar surface area (TPSA) is 59.2 Å². The number of rotatable bonds is 2. The van der Waals surface area contributed by atoms with Gasteiger partial charge in [0.2, 0.25) is 0 Å². The first-order chi connectivity index (χ1) is 11.6. The minimum Gasteiger partial charge on any atom is -0.363 e. The van der Waals surface area contributed by atoms with Crippen molar-refractivity contribution in [1.29, 1.82) is 0 Å². The lowest BCUT2D eigenvalue weighted by molar-refractivity contribution is 0.869. The molecule has 2 aromatic heterocycles.